The molecule has 0 N–H and O–H groups in total. The fourth-order valence-corrected chi connectivity index (χ4v) is 2.00. The summed E-state index contributed by atoms with van der Waals surface area (Å²) in [7, 11) is 0. The summed E-state index contributed by atoms with van der Waals surface area (Å²) in [4.78, 5) is 10.8. The van der Waals surface area contributed by atoms with E-state index in [0.29, 0.717) is 6.29 Å². The van der Waals surface area contributed by atoms with Crippen LogP contribution in [0.15, 0.2) is 36.4 Å². The molecule has 0 radical (unpaired) electrons. The van der Waals surface area contributed by atoms with E-state index in [0.717, 1.165) is 18.2 Å². The molecule has 0 aliphatic heterocycles. The zero-order valence-corrected chi connectivity index (χ0v) is 11.0. The minimum atomic E-state index is -4.90. The monoisotopic (exact) mass is 318 g/mol. The zero-order valence-electron chi connectivity index (χ0n) is 10.2. The lowest BCUT2D eigenvalue weighted by Gasteiger charge is -2.12. The van der Waals surface area contributed by atoms with Gasteiger partial charge in [0.1, 0.15) is 17.9 Å². The second kappa shape index (κ2) is 5.73. The summed E-state index contributed by atoms with van der Waals surface area (Å²) in [5, 5.41) is -0.251. The zero-order chi connectivity index (χ0) is 15.6. The third kappa shape index (κ3) is 3.72. The molecule has 0 bridgehead atoms. The maximum atomic E-state index is 13.4. The quantitative estimate of drug-likeness (QED) is 0.597. The summed E-state index contributed by atoms with van der Waals surface area (Å²) in [5.74, 6) is -1.30. The number of alkyl halides is 3. The van der Waals surface area contributed by atoms with E-state index in [1.807, 2.05) is 0 Å². The summed E-state index contributed by atoms with van der Waals surface area (Å²) in [6, 6.07) is 7.14. The Kier molecular flexibility index (Phi) is 4.18. The highest BCUT2D eigenvalue weighted by molar-refractivity contribution is 6.33. The number of aldehydes is 1. The summed E-state index contributed by atoms with van der Waals surface area (Å²) in [5.41, 5.74) is 0.253. The van der Waals surface area contributed by atoms with Gasteiger partial charge >= 0.3 is 6.36 Å². The van der Waals surface area contributed by atoms with Gasteiger partial charge in [-0.25, -0.2) is 4.39 Å². The van der Waals surface area contributed by atoms with Gasteiger partial charge in [0.15, 0.2) is 0 Å². The Hall–Kier alpha value is -2.08. The second-order valence-corrected chi connectivity index (χ2v) is 4.44. The highest BCUT2D eigenvalue weighted by Gasteiger charge is 2.31. The van der Waals surface area contributed by atoms with E-state index in [4.69, 9.17) is 11.6 Å². The molecule has 7 heteroatoms. The van der Waals surface area contributed by atoms with Crippen LogP contribution in [-0.4, -0.2) is 12.6 Å². The van der Waals surface area contributed by atoms with Gasteiger partial charge in [0.2, 0.25) is 0 Å². The van der Waals surface area contributed by atoms with E-state index in [-0.39, 0.29) is 21.7 Å². The molecule has 2 nitrogen and oxygen atoms in total. The van der Waals surface area contributed by atoms with Gasteiger partial charge in [-0.05, 0) is 29.8 Å². The van der Waals surface area contributed by atoms with Crippen molar-refractivity contribution in [3.8, 4) is 16.9 Å². The highest BCUT2D eigenvalue weighted by atomic mass is 35.5. The number of ether oxygens (including phenoxy) is 1. The molecule has 0 spiro atoms. The molecule has 21 heavy (non-hydrogen) atoms. The Morgan fingerprint density at radius 1 is 1.14 bits per heavy atom. The fraction of sp³-hybridized carbons (Fsp3) is 0.0714. The maximum Gasteiger partial charge on any atom is 0.573 e. The van der Waals surface area contributed by atoms with Crippen LogP contribution < -0.4 is 4.74 Å². The van der Waals surface area contributed by atoms with Gasteiger partial charge in [0, 0.05) is 11.1 Å². The Balaban J connectivity index is 2.55. The van der Waals surface area contributed by atoms with Gasteiger partial charge in [-0.1, -0.05) is 23.7 Å². The molecule has 0 aliphatic carbocycles. The molecule has 0 saturated heterocycles. The molecule has 0 aliphatic rings. The third-order valence-corrected chi connectivity index (χ3v) is 2.95. The van der Waals surface area contributed by atoms with E-state index < -0.39 is 17.9 Å². The molecule has 110 valence electrons. The molecule has 0 amide bonds. The molecule has 0 fully saturated rings. The van der Waals surface area contributed by atoms with Crippen LogP contribution in [0.1, 0.15) is 10.4 Å². The van der Waals surface area contributed by atoms with E-state index in [2.05, 4.69) is 4.74 Å². The molecule has 0 atom stereocenters. The molecular weight excluding hydrogens is 312 g/mol. The maximum absolute atomic E-state index is 13.4. The van der Waals surface area contributed by atoms with Crippen molar-refractivity contribution in [2.24, 2.45) is 0 Å². The van der Waals surface area contributed by atoms with Crippen LogP contribution in [0.2, 0.25) is 5.02 Å². The SMILES string of the molecule is O=Cc1cc(OC(F)(F)F)cc(-c2cccc(F)c2Cl)c1. The number of hydrogen-bond acceptors (Lipinski definition) is 2. The number of hydrogen-bond donors (Lipinski definition) is 0. The number of rotatable bonds is 3. The van der Waals surface area contributed by atoms with Gasteiger partial charge in [-0.2, -0.15) is 0 Å². The van der Waals surface area contributed by atoms with E-state index in [9.17, 15) is 22.4 Å². The van der Waals surface area contributed by atoms with Crippen molar-refractivity contribution in [1.29, 1.82) is 0 Å². The molecule has 2 aromatic rings. The van der Waals surface area contributed by atoms with Crippen molar-refractivity contribution in [3.05, 3.63) is 52.8 Å². The van der Waals surface area contributed by atoms with Crippen LogP contribution in [0.3, 0.4) is 0 Å². The lowest BCUT2D eigenvalue weighted by molar-refractivity contribution is -0.274. The Morgan fingerprint density at radius 3 is 2.48 bits per heavy atom. The van der Waals surface area contributed by atoms with Crippen molar-refractivity contribution in [3.63, 3.8) is 0 Å². The van der Waals surface area contributed by atoms with Crippen molar-refractivity contribution < 1.29 is 27.1 Å². The summed E-state index contributed by atoms with van der Waals surface area (Å²) in [6.45, 7) is 0. The number of halogens is 5. The van der Waals surface area contributed by atoms with Crippen LogP contribution in [-0.2, 0) is 0 Å². The van der Waals surface area contributed by atoms with Crippen molar-refractivity contribution in [2.75, 3.05) is 0 Å². The summed E-state index contributed by atoms with van der Waals surface area (Å²) >= 11 is 5.78. The first-order chi connectivity index (χ1) is 9.80. The molecule has 2 aromatic carbocycles. The smallest absolute Gasteiger partial charge is 0.406 e. The van der Waals surface area contributed by atoms with Gasteiger partial charge in [-0.15, -0.1) is 13.2 Å². The average Bonchev–Trinajstić information content (AvgIpc) is 2.39. The molecular formula is C14H7ClF4O2. The predicted octanol–water partition coefficient (Wildman–Crippen LogP) is 4.86. The standard InChI is InChI=1S/C14H7ClF4O2/c15-13-11(2-1-3-12(13)16)9-4-8(7-20)5-10(6-9)21-14(17,18)19/h1-7H. The first-order valence-corrected chi connectivity index (χ1v) is 5.98. The molecule has 0 aromatic heterocycles. The van der Waals surface area contributed by atoms with Crippen LogP contribution in [0.4, 0.5) is 17.6 Å². The number of carbonyl (C=O) groups excluding carboxylic acids is 1. The largest absolute Gasteiger partial charge is 0.573 e. The Bertz CT molecular complexity index is 683. The molecule has 0 unspecified atom stereocenters. The van der Waals surface area contributed by atoms with Crippen LogP contribution in [0, 0.1) is 5.82 Å². The first-order valence-electron chi connectivity index (χ1n) is 5.60. The van der Waals surface area contributed by atoms with Crippen molar-refractivity contribution in [1.82, 2.24) is 0 Å². The van der Waals surface area contributed by atoms with Crippen LogP contribution >= 0.6 is 11.6 Å². The fourth-order valence-electron chi connectivity index (χ4n) is 1.76. The van der Waals surface area contributed by atoms with Crippen molar-refractivity contribution >= 4 is 17.9 Å². The normalized spacial score (nSPS) is 11.3. The minimum absolute atomic E-state index is 0.0490. The molecule has 0 heterocycles. The van der Waals surface area contributed by atoms with Gasteiger partial charge in [-0.3, -0.25) is 4.79 Å². The van der Waals surface area contributed by atoms with Crippen molar-refractivity contribution in [2.45, 2.75) is 6.36 Å². The van der Waals surface area contributed by atoms with E-state index in [1.54, 1.807) is 0 Å². The minimum Gasteiger partial charge on any atom is -0.406 e. The molecule has 0 saturated carbocycles. The first kappa shape index (κ1) is 15.3. The van der Waals surface area contributed by atoms with Gasteiger partial charge in [0.25, 0.3) is 0 Å². The Labute approximate surface area is 121 Å². The molecule has 2 rings (SSSR count). The lowest BCUT2D eigenvalue weighted by atomic mass is 10.0. The third-order valence-electron chi connectivity index (χ3n) is 2.56. The summed E-state index contributed by atoms with van der Waals surface area (Å²) < 4.78 is 54.0. The second-order valence-electron chi connectivity index (χ2n) is 4.06. The topological polar surface area (TPSA) is 26.3 Å². The van der Waals surface area contributed by atoms with Crippen LogP contribution in [0.5, 0.6) is 5.75 Å². The number of carbonyl (C=O) groups is 1. The van der Waals surface area contributed by atoms with Crippen LogP contribution in [0.25, 0.3) is 11.1 Å². The summed E-state index contributed by atoms with van der Waals surface area (Å²) in [6.07, 6.45) is -4.54. The lowest BCUT2D eigenvalue weighted by Crippen LogP contribution is -2.17. The number of benzene rings is 2. The van der Waals surface area contributed by atoms with E-state index in [1.165, 1.54) is 18.2 Å². The van der Waals surface area contributed by atoms with E-state index >= 15 is 0 Å². The van der Waals surface area contributed by atoms with Gasteiger partial charge in [0.05, 0.1) is 5.02 Å². The Morgan fingerprint density at radius 2 is 1.86 bits per heavy atom. The highest BCUT2D eigenvalue weighted by Crippen LogP contribution is 2.34. The average molecular weight is 319 g/mol. The van der Waals surface area contributed by atoms with Gasteiger partial charge < -0.3 is 4.74 Å². The predicted molar refractivity (Wildman–Crippen MR) is 68.9 cm³/mol.